The van der Waals surface area contributed by atoms with Gasteiger partial charge in [0.2, 0.25) is 5.65 Å². The SMILES string of the molecule is Cc1cc(CNC(=O)c2cc(C(=O)NCc3cccc(CNc4c(N)c(=O)c4=O)c3)nc3c(O)nnn23)ccc1C(=O)O. The Morgan fingerprint density at radius 1 is 0.907 bits per heavy atom. The number of rotatable bonds is 10. The zero-order valence-corrected chi connectivity index (χ0v) is 22.5. The summed E-state index contributed by atoms with van der Waals surface area (Å²) >= 11 is 0. The molecule has 0 aliphatic rings. The van der Waals surface area contributed by atoms with E-state index < -0.39 is 34.5 Å². The first kappa shape index (κ1) is 28.4. The number of benzene rings is 2. The van der Waals surface area contributed by atoms with Gasteiger partial charge in [0.1, 0.15) is 22.8 Å². The molecule has 5 aromatic rings. The van der Waals surface area contributed by atoms with Crippen LogP contribution < -0.4 is 32.5 Å². The maximum atomic E-state index is 13.1. The van der Waals surface area contributed by atoms with Crippen molar-refractivity contribution in [2.75, 3.05) is 11.1 Å². The van der Waals surface area contributed by atoms with E-state index in [0.29, 0.717) is 16.7 Å². The number of carbonyl (C=O) groups excluding carboxylic acids is 2. The molecule has 2 heterocycles. The summed E-state index contributed by atoms with van der Waals surface area (Å²) in [5.74, 6) is -2.92. The minimum Gasteiger partial charge on any atom is -0.489 e. The predicted molar refractivity (Wildman–Crippen MR) is 152 cm³/mol. The number of aromatic carboxylic acids is 1. The minimum absolute atomic E-state index is 0.0468. The molecule has 0 saturated carbocycles. The molecule has 0 bridgehead atoms. The maximum absolute atomic E-state index is 13.1. The average molecular weight is 585 g/mol. The molecular formula is C28H24N8O7. The summed E-state index contributed by atoms with van der Waals surface area (Å²) in [7, 11) is 0. The molecule has 2 amide bonds. The van der Waals surface area contributed by atoms with Crippen molar-refractivity contribution in [2.45, 2.75) is 26.6 Å². The molecule has 3 aromatic carbocycles. The summed E-state index contributed by atoms with van der Waals surface area (Å²) in [6.45, 7) is 2.00. The molecule has 0 saturated heterocycles. The summed E-state index contributed by atoms with van der Waals surface area (Å²) in [4.78, 5) is 64.4. The van der Waals surface area contributed by atoms with E-state index in [9.17, 15) is 34.2 Å². The molecule has 0 spiro atoms. The largest absolute Gasteiger partial charge is 0.489 e. The number of hydrogen-bond acceptors (Lipinski definition) is 11. The Hall–Kier alpha value is -6.12. The quantitative estimate of drug-likeness (QED) is 0.123. The predicted octanol–water partition coefficient (Wildman–Crippen LogP) is 0.487. The lowest BCUT2D eigenvalue weighted by Crippen LogP contribution is -2.36. The van der Waals surface area contributed by atoms with E-state index in [1.54, 1.807) is 43.3 Å². The van der Waals surface area contributed by atoms with Crippen LogP contribution in [0.15, 0.2) is 58.1 Å². The van der Waals surface area contributed by atoms with Crippen LogP contribution in [0.5, 0.6) is 5.88 Å². The first-order chi connectivity index (χ1) is 20.5. The summed E-state index contributed by atoms with van der Waals surface area (Å²) in [6.07, 6.45) is 0. The third-order valence-corrected chi connectivity index (χ3v) is 6.66. The molecule has 15 heteroatoms. The van der Waals surface area contributed by atoms with E-state index in [4.69, 9.17) is 5.73 Å². The van der Waals surface area contributed by atoms with Gasteiger partial charge < -0.3 is 31.9 Å². The lowest BCUT2D eigenvalue weighted by molar-refractivity contribution is 0.0695. The Morgan fingerprint density at radius 2 is 1.58 bits per heavy atom. The van der Waals surface area contributed by atoms with Crippen molar-refractivity contribution in [3.05, 3.63) is 108 Å². The zero-order valence-electron chi connectivity index (χ0n) is 22.5. The summed E-state index contributed by atoms with van der Waals surface area (Å²) < 4.78 is 0.999. The van der Waals surface area contributed by atoms with Crippen LogP contribution in [0.25, 0.3) is 5.65 Å². The Balaban J connectivity index is 1.28. The number of aryl methyl sites for hydroxylation is 1. The average Bonchev–Trinajstić information content (AvgIpc) is 3.38. The van der Waals surface area contributed by atoms with E-state index in [-0.39, 0.29) is 53.6 Å². The fraction of sp³-hybridized carbons (Fsp3) is 0.143. The van der Waals surface area contributed by atoms with Crippen LogP contribution >= 0.6 is 0 Å². The molecule has 2 aromatic heterocycles. The number of carbonyl (C=O) groups is 3. The molecule has 0 unspecified atom stereocenters. The monoisotopic (exact) mass is 584 g/mol. The van der Waals surface area contributed by atoms with Gasteiger partial charge in [-0.15, -0.1) is 0 Å². The van der Waals surface area contributed by atoms with Crippen LogP contribution in [0.4, 0.5) is 11.4 Å². The van der Waals surface area contributed by atoms with Crippen LogP contribution in [0.2, 0.25) is 0 Å². The highest BCUT2D eigenvalue weighted by atomic mass is 16.4. The third-order valence-electron chi connectivity index (χ3n) is 6.66. The number of carboxylic acid groups (broad SMARTS) is 1. The van der Waals surface area contributed by atoms with Gasteiger partial charge in [-0.2, -0.15) is 4.52 Å². The van der Waals surface area contributed by atoms with Crippen molar-refractivity contribution < 1.29 is 24.6 Å². The lowest BCUT2D eigenvalue weighted by atomic mass is 10.1. The second-order valence-electron chi connectivity index (χ2n) is 9.62. The molecular weight excluding hydrogens is 560 g/mol. The van der Waals surface area contributed by atoms with E-state index in [1.165, 1.54) is 12.1 Å². The van der Waals surface area contributed by atoms with E-state index in [0.717, 1.165) is 10.1 Å². The topological polar surface area (TPSA) is 231 Å². The Kier molecular flexibility index (Phi) is 7.53. The zero-order chi connectivity index (χ0) is 30.8. The van der Waals surface area contributed by atoms with Gasteiger partial charge in [-0.1, -0.05) is 46.7 Å². The first-order valence-electron chi connectivity index (χ1n) is 12.8. The van der Waals surface area contributed by atoms with Crippen molar-refractivity contribution in [3.63, 3.8) is 0 Å². The van der Waals surface area contributed by atoms with Gasteiger partial charge in [-0.05, 0) is 35.2 Å². The van der Waals surface area contributed by atoms with Crippen LogP contribution in [-0.2, 0) is 19.6 Å². The van der Waals surface area contributed by atoms with Crippen LogP contribution in [0, 0.1) is 6.92 Å². The number of anilines is 2. The van der Waals surface area contributed by atoms with Crippen molar-refractivity contribution in [2.24, 2.45) is 0 Å². The highest BCUT2D eigenvalue weighted by molar-refractivity contribution is 5.98. The fourth-order valence-corrected chi connectivity index (χ4v) is 4.39. The summed E-state index contributed by atoms with van der Waals surface area (Å²) in [6, 6.07) is 13.0. The van der Waals surface area contributed by atoms with E-state index in [1.807, 2.05) is 0 Å². The number of amides is 2. The number of nitrogens with two attached hydrogens (primary N) is 1. The normalized spacial score (nSPS) is 11.0. The van der Waals surface area contributed by atoms with Gasteiger partial charge in [0.25, 0.3) is 28.6 Å². The Labute approximate surface area is 241 Å². The van der Waals surface area contributed by atoms with Gasteiger partial charge >= 0.3 is 5.97 Å². The van der Waals surface area contributed by atoms with E-state index >= 15 is 0 Å². The Morgan fingerprint density at radius 3 is 2.26 bits per heavy atom. The van der Waals surface area contributed by atoms with Crippen LogP contribution in [0.3, 0.4) is 0 Å². The van der Waals surface area contributed by atoms with Crippen molar-refractivity contribution >= 4 is 34.8 Å². The lowest BCUT2D eigenvalue weighted by Gasteiger charge is -2.12. The third kappa shape index (κ3) is 5.72. The van der Waals surface area contributed by atoms with Gasteiger partial charge in [-0.3, -0.25) is 19.2 Å². The standard InChI is InChI=1S/C28H24N8O7/c1-13-7-16(5-6-17(13)28(42)43)12-32-26(40)19-9-18(33-24-27(41)34-35-36(19)24)25(39)31-11-15-4-2-3-14(8-15)10-30-21-20(29)22(37)23(21)38/h2-9,30,41H,10-12,29H2,1H3,(H,31,39)(H,32,40)(H,42,43). The highest BCUT2D eigenvalue weighted by Gasteiger charge is 2.21. The van der Waals surface area contributed by atoms with Gasteiger partial charge in [0.15, 0.2) is 0 Å². The number of hydrogen-bond donors (Lipinski definition) is 6. The number of carboxylic acids is 1. The number of nitrogens with zero attached hydrogens (tertiary/aromatic N) is 4. The Bertz CT molecular complexity index is 1990. The molecule has 0 aliphatic heterocycles. The maximum Gasteiger partial charge on any atom is 0.335 e. The smallest absolute Gasteiger partial charge is 0.335 e. The molecule has 7 N–H and O–H groups in total. The molecule has 5 rings (SSSR count). The molecule has 43 heavy (non-hydrogen) atoms. The van der Waals surface area contributed by atoms with Crippen LogP contribution in [-0.4, -0.2) is 47.8 Å². The molecule has 0 radical (unpaired) electrons. The highest BCUT2D eigenvalue weighted by Crippen LogP contribution is 2.17. The summed E-state index contributed by atoms with van der Waals surface area (Å²) in [5, 5.41) is 34.8. The van der Waals surface area contributed by atoms with Crippen molar-refractivity contribution in [3.8, 4) is 5.88 Å². The second-order valence-corrected chi connectivity index (χ2v) is 9.62. The second kappa shape index (κ2) is 11.4. The van der Waals surface area contributed by atoms with Crippen molar-refractivity contribution in [1.82, 2.24) is 30.4 Å². The number of aromatic nitrogens is 4. The summed E-state index contributed by atoms with van der Waals surface area (Å²) in [5.41, 5.74) is 6.44. The molecule has 15 nitrogen and oxygen atoms in total. The van der Waals surface area contributed by atoms with Crippen molar-refractivity contribution in [1.29, 1.82) is 0 Å². The number of aromatic hydroxyl groups is 1. The van der Waals surface area contributed by atoms with Gasteiger partial charge in [0.05, 0.1) is 5.56 Å². The minimum atomic E-state index is -1.06. The molecule has 218 valence electrons. The molecule has 0 fully saturated rings. The first-order valence-corrected chi connectivity index (χ1v) is 12.8. The van der Waals surface area contributed by atoms with Gasteiger partial charge in [-0.25, -0.2) is 9.78 Å². The van der Waals surface area contributed by atoms with E-state index in [2.05, 4.69) is 31.2 Å². The molecule has 0 aliphatic carbocycles. The number of nitrogen functional groups attached to an aromatic ring is 1. The number of fused-ring (bicyclic) bond motifs is 1. The van der Waals surface area contributed by atoms with Crippen LogP contribution in [0.1, 0.15) is 53.6 Å². The number of nitrogens with one attached hydrogen (secondary N) is 3. The fourth-order valence-electron chi connectivity index (χ4n) is 4.39. The van der Waals surface area contributed by atoms with Gasteiger partial charge in [0, 0.05) is 25.7 Å². The molecule has 0 atom stereocenters.